The molecule has 2 aromatic rings. The van der Waals surface area contributed by atoms with E-state index in [1.807, 2.05) is 22.9 Å². The van der Waals surface area contributed by atoms with Gasteiger partial charge in [0.15, 0.2) is 0 Å². The summed E-state index contributed by atoms with van der Waals surface area (Å²) in [6.07, 6.45) is 3.46. The summed E-state index contributed by atoms with van der Waals surface area (Å²) in [5, 5.41) is 4.68. The lowest BCUT2D eigenvalue weighted by molar-refractivity contribution is 0.157. The smallest absolute Gasteiger partial charge is 0.0645 e. The summed E-state index contributed by atoms with van der Waals surface area (Å²) in [4.78, 5) is 4.95. The fourth-order valence-electron chi connectivity index (χ4n) is 3.65. The van der Waals surface area contributed by atoms with Gasteiger partial charge in [-0.15, -0.1) is 0 Å². The summed E-state index contributed by atoms with van der Waals surface area (Å²) in [6, 6.07) is 10.3. The van der Waals surface area contributed by atoms with E-state index in [1.54, 1.807) is 7.11 Å². The lowest BCUT2D eigenvalue weighted by Crippen LogP contribution is -2.29. The van der Waals surface area contributed by atoms with Crippen LogP contribution in [0, 0.1) is 12.8 Å². The first kappa shape index (κ1) is 18.1. The van der Waals surface area contributed by atoms with E-state index in [-0.39, 0.29) is 0 Å². The van der Waals surface area contributed by atoms with Crippen LogP contribution in [0.4, 0.5) is 0 Å². The van der Waals surface area contributed by atoms with Gasteiger partial charge in [0.2, 0.25) is 0 Å². The minimum Gasteiger partial charge on any atom is -0.383 e. The zero-order chi connectivity index (χ0) is 17.6. The van der Waals surface area contributed by atoms with Crippen molar-refractivity contribution in [2.24, 2.45) is 5.92 Å². The average Bonchev–Trinajstić information content (AvgIpc) is 3.21. The third kappa shape index (κ3) is 4.91. The number of likely N-dealkylation sites (tertiary alicyclic amines) is 1. The normalized spacial score (nSPS) is 18.3. The molecule has 1 aliphatic heterocycles. The molecular formula is C20H30N4O. The minimum absolute atomic E-state index is 0.756. The molecule has 1 aromatic heterocycles. The Morgan fingerprint density at radius 1 is 1.28 bits per heavy atom. The number of nitrogens with zero attached hydrogens (tertiary/aromatic N) is 4. The van der Waals surface area contributed by atoms with Crippen LogP contribution in [0.25, 0.3) is 5.69 Å². The van der Waals surface area contributed by atoms with Gasteiger partial charge in [-0.25, -0.2) is 4.68 Å². The zero-order valence-corrected chi connectivity index (χ0v) is 15.7. The van der Waals surface area contributed by atoms with Gasteiger partial charge in [-0.2, -0.15) is 5.10 Å². The van der Waals surface area contributed by atoms with Gasteiger partial charge in [-0.05, 0) is 45.0 Å². The maximum absolute atomic E-state index is 5.19. The highest BCUT2D eigenvalue weighted by molar-refractivity contribution is 5.32. The monoisotopic (exact) mass is 342 g/mol. The van der Waals surface area contributed by atoms with Gasteiger partial charge in [0.05, 0.1) is 18.0 Å². The van der Waals surface area contributed by atoms with Crippen molar-refractivity contribution in [2.75, 3.05) is 46.9 Å². The molecule has 0 radical (unpaired) electrons. The molecular weight excluding hydrogens is 312 g/mol. The Hall–Kier alpha value is -1.69. The average molecular weight is 342 g/mol. The summed E-state index contributed by atoms with van der Waals surface area (Å²) in [7, 11) is 4.00. The molecule has 0 unspecified atom stereocenters. The molecule has 1 saturated heterocycles. The molecule has 0 saturated carbocycles. The molecule has 3 rings (SSSR count). The molecule has 1 fully saturated rings. The van der Waals surface area contributed by atoms with Crippen molar-refractivity contribution >= 4 is 0 Å². The number of ether oxygens (including phenoxy) is 1. The lowest BCUT2D eigenvalue weighted by atomic mass is 10.1. The summed E-state index contributed by atoms with van der Waals surface area (Å²) in [5.74, 6) is 0.756. The molecule has 1 atom stereocenters. The van der Waals surface area contributed by atoms with Crippen LogP contribution in [0.3, 0.4) is 0 Å². The van der Waals surface area contributed by atoms with Crippen LogP contribution in [-0.4, -0.2) is 66.5 Å². The summed E-state index contributed by atoms with van der Waals surface area (Å²) in [5.41, 5.74) is 3.54. The Kier molecular flexibility index (Phi) is 6.24. The number of benzene rings is 1. The Morgan fingerprint density at radius 3 is 2.84 bits per heavy atom. The van der Waals surface area contributed by atoms with Crippen molar-refractivity contribution in [3.05, 3.63) is 47.8 Å². The van der Waals surface area contributed by atoms with Crippen molar-refractivity contribution in [1.82, 2.24) is 19.6 Å². The highest BCUT2D eigenvalue weighted by Gasteiger charge is 2.23. The van der Waals surface area contributed by atoms with E-state index in [0.29, 0.717) is 0 Å². The number of aryl methyl sites for hydroxylation is 1. The second-order valence-electron chi connectivity index (χ2n) is 7.16. The first-order valence-electron chi connectivity index (χ1n) is 9.16. The predicted octanol–water partition coefficient (Wildman–Crippen LogP) is 2.58. The first-order chi connectivity index (χ1) is 12.2. The van der Waals surface area contributed by atoms with Gasteiger partial charge in [-0.3, -0.25) is 0 Å². The molecule has 136 valence electrons. The molecule has 0 aliphatic carbocycles. The Labute approximate surface area is 151 Å². The molecule has 25 heavy (non-hydrogen) atoms. The van der Waals surface area contributed by atoms with Crippen LogP contribution in [0.15, 0.2) is 36.5 Å². The third-order valence-corrected chi connectivity index (χ3v) is 5.01. The molecule has 0 bridgehead atoms. The van der Waals surface area contributed by atoms with Gasteiger partial charge in [0.1, 0.15) is 0 Å². The van der Waals surface area contributed by atoms with Crippen LogP contribution in [0.5, 0.6) is 0 Å². The molecule has 0 amide bonds. The fraction of sp³-hybridized carbons (Fsp3) is 0.550. The van der Waals surface area contributed by atoms with Gasteiger partial charge in [0.25, 0.3) is 0 Å². The van der Waals surface area contributed by atoms with Gasteiger partial charge in [0, 0.05) is 45.0 Å². The van der Waals surface area contributed by atoms with E-state index in [1.165, 1.54) is 25.1 Å². The Morgan fingerprint density at radius 2 is 2.08 bits per heavy atom. The van der Waals surface area contributed by atoms with E-state index in [9.17, 15) is 0 Å². The summed E-state index contributed by atoms with van der Waals surface area (Å²) in [6.45, 7) is 8.47. The zero-order valence-electron chi connectivity index (χ0n) is 15.7. The summed E-state index contributed by atoms with van der Waals surface area (Å²) < 4.78 is 7.18. The topological polar surface area (TPSA) is 33.5 Å². The van der Waals surface area contributed by atoms with Crippen LogP contribution < -0.4 is 0 Å². The van der Waals surface area contributed by atoms with Gasteiger partial charge >= 0.3 is 0 Å². The van der Waals surface area contributed by atoms with E-state index in [0.717, 1.165) is 43.5 Å². The van der Waals surface area contributed by atoms with E-state index >= 15 is 0 Å². The van der Waals surface area contributed by atoms with Crippen LogP contribution >= 0.6 is 0 Å². The SMILES string of the molecule is COCCN1CC[C@@H](CN(C)Cc2cn(-c3ccccc3)nc2C)C1. The van der Waals surface area contributed by atoms with Crippen molar-refractivity contribution < 1.29 is 4.74 Å². The molecule has 2 heterocycles. The number of methoxy groups -OCH3 is 1. The number of rotatable bonds is 8. The lowest BCUT2D eigenvalue weighted by Gasteiger charge is -2.21. The van der Waals surface area contributed by atoms with Crippen molar-refractivity contribution in [3.63, 3.8) is 0 Å². The predicted molar refractivity (Wildman–Crippen MR) is 101 cm³/mol. The van der Waals surface area contributed by atoms with Gasteiger partial charge < -0.3 is 14.5 Å². The van der Waals surface area contributed by atoms with Crippen LogP contribution in [-0.2, 0) is 11.3 Å². The van der Waals surface area contributed by atoms with Crippen LogP contribution in [0.1, 0.15) is 17.7 Å². The quantitative estimate of drug-likeness (QED) is 0.738. The number of para-hydroxylation sites is 1. The minimum atomic E-state index is 0.756. The van der Waals surface area contributed by atoms with E-state index in [4.69, 9.17) is 4.74 Å². The number of hydrogen-bond donors (Lipinski definition) is 0. The summed E-state index contributed by atoms with van der Waals surface area (Å²) >= 11 is 0. The Bertz CT molecular complexity index is 655. The molecule has 5 heteroatoms. The van der Waals surface area contributed by atoms with Crippen molar-refractivity contribution in [2.45, 2.75) is 19.9 Å². The standard InChI is InChI=1S/C20H30N4O/c1-17-19(16-24(21-17)20-7-5-4-6-8-20)15-22(2)13-18-9-10-23(14-18)11-12-25-3/h4-8,16,18H,9-15H2,1-3H3/t18-/m0/s1. The molecule has 0 spiro atoms. The molecule has 5 nitrogen and oxygen atoms in total. The fourth-order valence-corrected chi connectivity index (χ4v) is 3.65. The van der Waals surface area contributed by atoms with Crippen molar-refractivity contribution in [1.29, 1.82) is 0 Å². The highest BCUT2D eigenvalue weighted by Crippen LogP contribution is 2.19. The highest BCUT2D eigenvalue weighted by atomic mass is 16.5. The molecule has 0 N–H and O–H groups in total. The largest absolute Gasteiger partial charge is 0.383 e. The van der Waals surface area contributed by atoms with Crippen LogP contribution in [0.2, 0.25) is 0 Å². The second kappa shape index (κ2) is 8.61. The van der Waals surface area contributed by atoms with Gasteiger partial charge in [-0.1, -0.05) is 18.2 Å². The maximum Gasteiger partial charge on any atom is 0.0645 e. The maximum atomic E-state index is 5.19. The van der Waals surface area contributed by atoms with E-state index in [2.05, 4.69) is 47.2 Å². The second-order valence-corrected chi connectivity index (χ2v) is 7.16. The van der Waals surface area contributed by atoms with E-state index < -0.39 is 0 Å². The first-order valence-corrected chi connectivity index (χ1v) is 9.16. The molecule has 1 aromatic carbocycles. The number of aromatic nitrogens is 2. The third-order valence-electron chi connectivity index (χ3n) is 5.01. The number of hydrogen-bond acceptors (Lipinski definition) is 4. The Balaban J connectivity index is 1.53. The molecule has 1 aliphatic rings. The van der Waals surface area contributed by atoms with Crippen molar-refractivity contribution in [3.8, 4) is 5.69 Å².